The number of aromatic nitrogens is 4. The van der Waals surface area contributed by atoms with E-state index in [4.69, 9.17) is 11.6 Å². The summed E-state index contributed by atoms with van der Waals surface area (Å²) in [5.41, 5.74) is 2.04. The van der Waals surface area contributed by atoms with Crippen LogP contribution in [0.3, 0.4) is 0 Å². The number of halogens is 1. The van der Waals surface area contributed by atoms with Gasteiger partial charge in [-0.1, -0.05) is 17.7 Å². The molecule has 0 fully saturated rings. The second-order valence-electron chi connectivity index (χ2n) is 6.12. The molecule has 1 aromatic carbocycles. The number of benzene rings is 1. The third-order valence-corrected chi connectivity index (χ3v) is 4.71. The van der Waals surface area contributed by atoms with Crippen molar-refractivity contribution in [3.8, 4) is 11.4 Å². The monoisotopic (exact) mass is 382 g/mol. The van der Waals surface area contributed by atoms with Crippen molar-refractivity contribution < 1.29 is 9.59 Å². The van der Waals surface area contributed by atoms with Crippen molar-refractivity contribution in [1.29, 1.82) is 0 Å². The lowest BCUT2D eigenvalue weighted by atomic mass is 10.1. The van der Waals surface area contributed by atoms with Gasteiger partial charge in [-0.2, -0.15) is 4.98 Å². The Morgan fingerprint density at radius 3 is 2.96 bits per heavy atom. The van der Waals surface area contributed by atoms with Gasteiger partial charge in [0.1, 0.15) is 6.04 Å². The Hall–Kier alpha value is -3.26. The van der Waals surface area contributed by atoms with Crippen molar-refractivity contribution >= 4 is 35.1 Å². The van der Waals surface area contributed by atoms with Gasteiger partial charge in [0.2, 0.25) is 17.8 Å². The minimum Gasteiger partial charge on any atom is -0.324 e. The van der Waals surface area contributed by atoms with Crippen LogP contribution < -0.4 is 10.6 Å². The van der Waals surface area contributed by atoms with Crippen LogP contribution in [0.15, 0.2) is 42.7 Å². The molecule has 0 bridgehead atoms. The lowest BCUT2D eigenvalue weighted by Crippen LogP contribution is -2.36. The third kappa shape index (κ3) is 3.26. The maximum Gasteiger partial charge on any atom is 0.249 e. The maximum absolute atomic E-state index is 12.8. The SMILES string of the molecule is Cc1c(Cl)cccc1NC(=O)C1CC(=O)Nc2nc(-c3cccnc3)nn21. The topological polar surface area (TPSA) is 102 Å². The number of anilines is 2. The lowest BCUT2D eigenvalue weighted by Gasteiger charge is -2.23. The van der Waals surface area contributed by atoms with Crippen molar-refractivity contribution in [3.63, 3.8) is 0 Å². The van der Waals surface area contributed by atoms with Gasteiger partial charge in [0.05, 0.1) is 6.42 Å². The molecule has 2 amide bonds. The van der Waals surface area contributed by atoms with Crippen molar-refractivity contribution in [2.75, 3.05) is 10.6 Å². The fourth-order valence-electron chi connectivity index (χ4n) is 2.84. The van der Waals surface area contributed by atoms with Gasteiger partial charge in [0.25, 0.3) is 0 Å². The molecule has 27 heavy (non-hydrogen) atoms. The molecule has 8 nitrogen and oxygen atoms in total. The van der Waals surface area contributed by atoms with Crippen LogP contribution in [-0.2, 0) is 9.59 Å². The minimum absolute atomic E-state index is 0.0334. The molecule has 0 radical (unpaired) electrons. The second-order valence-corrected chi connectivity index (χ2v) is 6.52. The first-order valence-electron chi connectivity index (χ1n) is 8.25. The Morgan fingerprint density at radius 2 is 2.19 bits per heavy atom. The van der Waals surface area contributed by atoms with E-state index < -0.39 is 6.04 Å². The van der Waals surface area contributed by atoms with Crippen molar-refractivity contribution in [2.24, 2.45) is 0 Å². The summed E-state index contributed by atoms with van der Waals surface area (Å²) in [5, 5.41) is 10.4. The normalized spacial score (nSPS) is 15.8. The molecule has 1 aliphatic heterocycles. The molecule has 1 atom stereocenters. The number of hydrogen-bond acceptors (Lipinski definition) is 5. The molecular formula is C18H15ClN6O2. The van der Waals surface area contributed by atoms with Gasteiger partial charge in [0, 0.05) is 28.7 Å². The molecule has 2 aromatic heterocycles. The van der Waals surface area contributed by atoms with E-state index in [0.29, 0.717) is 22.1 Å². The Kier molecular flexibility index (Phi) is 4.33. The zero-order valence-electron chi connectivity index (χ0n) is 14.3. The average Bonchev–Trinajstić information content (AvgIpc) is 3.09. The highest BCUT2D eigenvalue weighted by Crippen LogP contribution is 2.28. The van der Waals surface area contributed by atoms with Gasteiger partial charge < -0.3 is 5.32 Å². The summed E-state index contributed by atoms with van der Waals surface area (Å²) in [6.07, 6.45) is 3.23. The smallest absolute Gasteiger partial charge is 0.249 e. The summed E-state index contributed by atoms with van der Waals surface area (Å²) in [4.78, 5) is 33.3. The zero-order valence-corrected chi connectivity index (χ0v) is 15.1. The third-order valence-electron chi connectivity index (χ3n) is 4.30. The van der Waals surface area contributed by atoms with E-state index in [9.17, 15) is 9.59 Å². The summed E-state index contributed by atoms with van der Waals surface area (Å²) in [6.45, 7) is 1.81. The molecule has 3 aromatic rings. The van der Waals surface area contributed by atoms with Crippen molar-refractivity contribution in [2.45, 2.75) is 19.4 Å². The number of carbonyl (C=O) groups is 2. The van der Waals surface area contributed by atoms with Crippen LogP contribution in [0.4, 0.5) is 11.6 Å². The Morgan fingerprint density at radius 1 is 1.33 bits per heavy atom. The van der Waals surface area contributed by atoms with Gasteiger partial charge in [-0.15, -0.1) is 5.10 Å². The molecule has 0 saturated carbocycles. The van der Waals surface area contributed by atoms with Crippen LogP contribution >= 0.6 is 11.6 Å². The van der Waals surface area contributed by atoms with Crippen LogP contribution in [0.5, 0.6) is 0 Å². The minimum atomic E-state index is -0.815. The molecule has 1 aliphatic rings. The first kappa shape index (κ1) is 17.2. The van der Waals surface area contributed by atoms with Gasteiger partial charge in [0.15, 0.2) is 5.82 Å². The molecule has 9 heteroatoms. The molecule has 4 rings (SSSR count). The van der Waals surface area contributed by atoms with Gasteiger partial charge in [-0.05, 0) is 36.8 Å². The number of amides is 2. The predicted molar refractivity (Wildman–Crippen MR) is 100 cm³/mol. The first-order valence-corrected chi connectivity index (χ1v) is 8.63. The number of fused-ring (bicyclic) bond motifs is 1. The van der Waals surface area contributed by atoms with E-state index in [1.54, 1.807) is 42.7 Å². The Balaban J connectivity index is 1.66. The fourth-order valence-corrected chi connectivity index (χ4v) is 3.02. The summed E-state index contributed by atoms with van der Waals surface area (Å²) in [5.74, 6) is -0.0418. The van der Waals surface area contributed by atoms with Gasteiger partial charge in [-0.25, -0.2) is 4.68 Å². The highest BCUT2D eigenvalue weighted by atomic mass is 35.5. The highest BCUT2D eigenvalue weighted by molar-refractivity contribution is 6.31. The van der Waals surface area contributed by atoms with Crippen molar-refractivity contribution in [1.82, 2.24) is 19.7 Å². The van der Waals surface area contributed by atoms with Crippen LogP contribution in [-0.4, -0.2) is 31.6 Å². The summed E-state index contributed by atoms with van der Waals surface area (Å²) in [6, 6.07) is 8.01. The number of nitrogens with zero attached hydrogens (tertiary/aromatic N) is 4. The van der Waals surface area contributed by atoms with Crippen molar-refractivity contribution in [3.05, 3.63) is 53.3 Å². The van der Waals surface area contributed by atoms with E-state index in [1.165, 1.54) is 4.68 Å². The van der Waals surface area contributed by atoms with Gasteiger partial charge >= 0.3 is 0 Å². The molecule has 3 heterocycles. The van der Waals surface area contributed by atoms with E-state index in [0.717, 1.165) is 5.56 Å². The van der Waals surface area contributed by atoms with E-state index in [1.807, 2.05) is 6.92 Å². The molecule has 0 aliphatic carbocycles. The number of pyridine rings is 1. The van der Waals surface area contributed by atoms with E-state index >= 15 is 0 Å². The first-order chi connectivity index (χ1) is 13.0. The predicted octanol–water partition coefficient (Wildman–Crippen LogP) is 2.82. The Bertz CT molecular complexity index is 1030. The van der Waals surface area contributed by atoms with Crippen LogP contribution in [0.2, 0.25) is 5.02 Å². The summed E-state index contributed by atoms with van der Waals surface area (Å²) in [7, 11) is 0. The van der Waals surface area contributed by atoms with E-state index in [2.05, 4.69) is 25.7 Å². The van der Waals surface area contributed by atoms with E-state index in [-0.39, 0.29) is 24.2 Å². The Labute approximate surface area is 159 Å². The van der Waals surface area contributed by atoms with Gasteiger partial charge in [-0.3, -0.25) is 19.9 Å². The van der Waals surface area contributed by atoms with Crippen LogP contribution in [0.25, 0.3) is 11.4 Å². The number of hydrogen-bond donors (Lipinski definition) is 2. The number of carbonyl (C=O) groups excluding carboxylic acids is 2. The van der Waals surface area contributed by atoms with Crippen LogP contribution in [0, 0.1) is 6.92 Å². The highest BCUT2D eigenvalue weighted by Gasteiger charge is 2.33. The molecule has 0 spiro atoms. The second kappa shape index (κ2) is 6.81. The van der Waals surface area contributed by atoms with Crippen LogP contribution in [0.1, 0.15) is 18.0 Å². The lowest BCUT2D eigenvalue weighted by molar-refractivity contribution is -0.125. The summed E-state index contributed by atoms with van der Waals surface area (Å²) >= 11 is 6.11. The average molecular weight is 383 g/mol. The number of rotatable bonds is 3. The summed E-state index contributed by atoms with van der Waals surface area (Å²) < 4.78 is 1.43. The maximum atomic E-state index is 12.8. The molecule has 136 valence electrons. The molecular weight excluding hydrogens is 368 g/mol. The molecule has 0 saturated heterocycles. The molecule has 2 N–H and O–H groups in total. The molecule has 1 unspecified atom stereocenters. The largest absolute Gasteiger partial charge is 0.324 e. The zero-order chi connectivity index (χ0) is 19.0. The number of nitrogens with one attached hydrogen (secondary N) is 2. The quantitative estimate of drug-likeness (QED) is 0.725. The standard InChI is InChI=1S/C18H15ClN6O2/c1-10-12(19)5-2-6-13(10)21-17(27)14-8-15(26)22-18-23-16(24-25(14)18)11-4-3-7-20-9-11/h2-7,9,14H,8H2,1H3,(H,21,27)(H,22,23,24,26). The fraction of sp³-hybridized carbons (Fsp3) is 0.167.